The number of aromatic hydroxyl groups is 1. The van der Waals surface area contributed by atoms with Gasteiger partial charge in [-0.3, -0.25) is 14.4 Å². The van der Waals surface area contributed by atoms with Crippen molar-refractivity contribution < 1.29 is 27.9 Å². The average Bonchev–Trinajstić information content (AvgIpc) is 3.78. The summed E-state index contributed by atoms with van der Waals surface area (Å²) in [6, 6.07) is 6.26. The molecule has 7 rings (SSSR count). The number of nitrogens with zero attached hydrogens (tertiary/aromatic N) is 10. The van der Waals surface area contributed by atoms with Crippen molar-refractivity contribution in [3.8, 4) is 17.1 Å². The summed E-state index contributed by atoms with van der Waals surface area (Å²) < 4.78 is 44.1. The van der Waals surface area contributed by atoms with Crippen molar-refractivity contribution in [2.75, 3.05) is 36.4 Å². The second kappa shape index (κ2) is 13.5. The van der Waals surface area contributed by atoms with E-state index in [0.29, 0.717) is 11.3 Å². The van der Waals surface area contributed by atoms with Crippen LogP contribution in [0.25, 0.3) is 22.7 Å². The summed E-state index contributed by atoms with van der Waals surface area (Å²) in [5.74, 6) is -1.15. The maximum atomic E-state index is 14.4. The third-order valence-corrected chi connectivity index (χ3v) is 9.41. The van der Waals surface area contributed by atoms with Gasteiger partial charge >= 0.3 is 6.18 Å². The summed E-state index contributed by atoms with van der Waals surface area (Å²) >= 11 is 6.14. The third-order valence-electron chi connectivity index (χ3n) is 9.10. The van der Waals surface area contributed by atoms with Crippen LogP contribution in [0.4, 0.5) is 24.5 Å². The fourth-order valence-electron chi connectivity index (χ4n) is 6.38. The molecule has 0 spiro atoms. The van der Waals surface area contributed by atoms with Crippen LogP contribution in [-0.4, -0.2) is 86.7 Å². The Labute approximate surface area is 303 Å². The minimum Gasteiger partial charge on any atom is -0.504 e. The number of aryl methyl sites for hydroxylation is 2. The van der Waals surface area contributed by atoms with Gasteiger partial charge in [0.05, 0.1) is 33.2 Å². The van der Waals surface area contributed by atoms with E-state index in [-0.39, 0.29) is 77.7 Å². The van der Waals surface area contributed by atoms with E-state index in [1.165, 1.54) is 11.2 Å². The summed E-state index contributed by atoms with van der Waals surface area (Å²) in [6.07, 6.45) is 0.293. The molecule has 2 N–H and O–H groups in total. The van der Waals surface area contributed by atoms with E-state index in [1.807, 2.05) is 24.8 Å². The molecule has 15 nitrogen and oxygen atoms in total. The number of aromatic nitrogens is 8. The molecule has 53 heavy (non-hydrogen) atoms. The molecule has 1 aromatic carbocycles. The normalized spacial score (nSPS) is 13.6. The van der Waals surface area contributed by atoms with Crippen LogP contribution in [0.1, 0.15) is 39.9 Å². The number of halogens is 4. The van der Waals surface area contributed by atoms with Crippen molar-refractivity contribution in [1.29, 1.82) is 0 Å². The number of nitrogens with one attached hydrogen (secondary N) is 1. The fraction of sp³-hybridized carbons (Fsp3) is 0.294. The molecule has 6 heterocycles. The number of alkyl halides is 3. The molecule has 0 saturated carbocycles. The van der Waals surface area contributed by atoms with Crippen LogP contribution in [0.3, 0.4) is 0 Å². The molecule has 0 bridgehead atoms. The number of pyridine rings is 1. The van der Waals surface area contributed by atoms with E-state index < -0.39 is 35.7 Å². The Bertz CT molecular complexity index is 2490. The van der Waals surface area contributed by atoms with Gasteiger partial charge in [0.1, 0.15) is 18.6 Å². The van der Waals surface area contributed by atoms with Gasteiger partial charge in [-0.25, -0.2) is 14.5 Å². The van der Waals surface area contributed by atoms with Gasteiger partial charge in [0.25, 0.3) is 11.5 Å². The van der Waals surface area contributed by atoms with Crippen molar-refractivity contribution in [3.05, 3.63) is 92.6 Å². The van der Waals surface area contributed by atoms with Crippen LogP contribution in [-0.2, 0) is 23.9 Å². The van der Waals surface area contributed by atoms with Gasteiger partial charge < -0.3 is 24.8 Å². The van der Waals surface area contributed by atoms with Crippen molar-refractivity contribution in [1.82, 2.24) is 43.6 Å². The number of carbonyl (C=O) groups is 2. The third kappa shape index (κ3) is 6.49. The molecule has 1 aliphatic rings. The van der Waals surface area contributed by atoms with Crippen LogP contribution < -0.4 is 15.8 Å². The average molecular weight is 750 g/mol. The van der Waals surface area contributed by atoms with Gasteiger partial charge in [-0.05, 0) is 56.2 Å². The highest BCUT2D eigenvalue weighted by atomic mass is 35.5. The van der Waals surface area contributed by atoms with E-state index in [9.17, 15) is 32.7 Å². The lowest BCUT2D eigenvalue weighted by atomic mass is 10.1. The smallest absolute Gasteiger partial charge is 0.416 e. The number of fused-ring (bicyclic) bond motifs is 2. The first-order chi connectivity index (χ1) is 25.2. The SMILES string of the molecule is CCc1c(N2CCN(C(=O)c3ncnc(C)c3O)CC2)c(=O)n2nc(-c3cc4ccnn4cc3C)nc2n1CC(=O)Nc1ccc(C(F)(F)F)cc1Cl. The Kier molecular flexibility index (Phi) is 9.01. The number of amides is 2. The number of anilines is 2. The molecule has 5 aromatic heterocycles. The minimum atomic E-state index is -4.62. The van der Waals surface area contributed by atoms with Gasteiger partial charge in [-0.1, -0.05) is 18.5 Å². The standard InChI is InChI=1S/C34H31ClF3N11O4/c1-4-25-28(45-9-11-46(12-10-45)31(52)27-29(51)19(3)39-17-40-27)32(53)49-33(43-30(44-49)22-14-21-7-8-41-48(21)15-18(22)2)47(25)16-26(50)42-24-6-5-20(13-23(24)35)34(36,37)38/h5-8,13-15,17,51H,4,9-12,16H2,1-3H3,(H,42,50). The van der Waals surface area contributed by atoms with Crippen molar-refractivity contribution in [3.63, 3.8) is 0 Å². The highest BCUT2D eigenvalue weighted by Crippen LogP contribution is 2.34. The zero-order valence-electron chi connectivity index (χ0n) is 28.5. The Morgan fingerprint density at radius 1 is 1.06 bits per heavy atom. The van der Waals surface area contributed by atoms with Gasteiger partial charge in [0, 0.05) is 44.1 Å². The molecule has 0 aliphatic carbocycles. The number of hydrogen-bond donors (Lipinski definition) is 2. The largest absolute Gasteiger partial charge is 0.504 e. The Morgan fingerprint density at radius 3 is 2.51 bits per heavy atom. The predicted octanol–water partition coefficient (Wildman–Crippen LogP) is 4.15. The van der Waals surface area contributed by atoms with Gasteiger partial charge in [0.15, 0.2) is 17.3 Å². The van der Waals surface area contributed by atoms with Crippen LogP contribution in [0.5, 0.6) is 5.75 Å². The molecular formula is C34H31ClF3N11O4. The molecule has 1 saturated heterocycles. The Morgan fingerprint density at radius 2 is 1.81 bits per heavy atom. The number of rotatable bonds is 7. The van der Waals surface area contributed by atoms with Crippen molar-refractivity contribution in [2.45, 2.75) is 39.9 Å². The van der Waals surface area contributed by atoms with Gasteiger partial charge in [-0.2, -0.15) is 27.8 Å². The van der Waals surface area contributed by atoms with E-state index in [1.54, 1.807) is 34.5 Å². The van der Waals surface area contributed by atoms with Crippen LogP contribution in [0.2, 0.25) is 5.02 Å². The quantitative estimate of drug-likeness (QED) is 0.242. The first-order valence-corrected chi connectivity index (χ1v) is 16.8. The maximum Gasteiger partial charge on any atom is 0.416 e. The van der Waals surface area contributed by atoms with Gasteiger partial charge in [-0.15, -0.1) is 5.10 Å². The monoisotopic (exact) mass is 749 g/mol. The predicted molar refractivity (Wildman–Crippen MR) is 187 cm³/mol. The van der Waals surface area contributed by atoms with E-state index in [4.69, 9.17) is 16.6 Å². The highest BCUT2D eigenvalue weighted by Gasteiger charge is 2.32. The molecule has 19 heteroatoms. The molecule has 274 valence electrons. The summed E-state index contributed by atoms with van der Waals surface area (Å²) in [6.45, 7) is 5.62. The topological polar surface area (TPSA) is 168 Å². The molecule has 2 amide bonds. The van der Waals surface area contributed by atoms with Crippen LogP contribution in [0.15, 0.2) is 53.8 Å². The minimum absolute atomic E-state index is 0.0300. The van der Waals surface area contributed by atoms with Crippen molar-refractivity contribution in [2.24, 2.45) is 0 Å². The van der Waals surface area contributed by atoms with Crippen LogP contribution >= 0.6 is 11.6 Å². The Hall–Kier alpha value is -6.04. The number of carbonyl (C=O) groups excluding carboxylic acids is 2. The maximum absolute atomic E-state index is 14.4. The zero-order chi connectivity index (χ0) is 37.8. The number of piperazine rings is 1. The lowest BCUT2D eigenvalue weighted by Gasteiger charge is -2.36. The lowest BCUT2D eigenvalue weighted by Crippen LogP contribution is -2.51. The van der Waals surface area contributed by atoms with E-state index in [2.05, 4.69) is 25.5 Å². The molecule has 0 atom stereocenters. The molecule has 6 aromatic rings. The van der Waals surface area contributed by atoms with Crippen molar-refractivity contribution >= 4 is 46.1 Å². The molecule has 0 unspecified atom stereocenters. The van der Waals surface area contributed by atoms with E-state index in [0.717, 1.165) is 33.8 Å². The molecule has 1 fully saturated rings. The number of benzene rings is 1. The lowest BCUT2D eigenvalue weighted by molar-refractivity contribution is -0.137. The highest BCUT2D eigenvalue weighted by molar-refractivity contribution is 6.33. The van der Waals surface area contributed by atoms with E-state index >= 15 is 0 Å². The zero-order valence-corrected chi connectivity index (χ0v) is 29.3. The second-order valence-corrected chi connectivity index (χ2v) is 12.8. The fourth-order valence-corrected chi connectivity index (χ4v) is 6.61. The summed E-state index contributed by atoms with van der Waals surface area (Å²) in [4.78, 5) is 57.2. The summed E-state index contributed by atoms with van der Waals surface area (Å²) in [5, 5.41) is 21.6. The van der Waals surface area contributed by atoms with Gasteiger partial charge in [0.2, 0.25) is 11.7 Å². The Balaban J connectivity index is 1.28. The first-order valence-electron chi connectivity index (χ1n) is 16.4. The molecule has 1 aliphatic heterocycles. The molecule has 0 radical (unpaired) electrons. The number of hydrogen-bond acceptors (Lipinski definition) is 10. The summed E-state index contributed by atoms with van der Waals surface area (Å²) in [5.41, 5.74) is 1.50. The van der Waals surface area contributed by atoms with Crippen LogP contribution in [0, 0.1) is 13.8 Å². The summed E-state index contributed by atoms with van der Waals surface area (Å²) in [7, 11) is 0. The second-order valence-electron chi connectivity index (χ2n) is 12.4. The first kappa shape index (κ1) is 35.4. The molecular weight excluding hydrogens is 719 g/mol.